The number of aromatic nitrogens is 4. The standard InChI is InChI=1S/C19H13Cl2N5O3S/c1-10-6-12(2-3-15(10)21)30(28,29)26-16-7-11(20)8-23-17(16)18(27)13-4-5-22-19-14(13)9-24-25-19/h2-9,26H,1H3,(H,22,24,25). The van der Waals surface area contributed by atoms with Gasteiger partial charge in [0, 0.05) is 28.4 Å². The Balaban J connectivity index is 1.78. The second kappa shape index (κ2) is 7.67. The lowest BCUT2D eigenvalue weighted by molar-refractivity contribution is 0.103. The zero-order chi connectivity index (χ0) is 21.5. The number of halogens is 2. The number of anilines is 1. The monoisotopic (exact) mass is 461 g/mol. The molecule has 0 spiro atoms. The molecule has 0 aliphatic rings. The summed E-state index contributed by atoms with van der Waals surface area (Å²) >= 11 is 12.0. The lowest BCUT2D eigenvalue weighted by Gasteiger charge is -2.13. The Hall–Kier alpha value is -3.01. The minimum atomic E-state index is -4.03. The van der Waals surface area contributed by atoms with Gasteiger partial charge in [-0.15, -0.1) is 0 Å². The summed E-state index contributed by atoms with van der Waals surface area (Å²) in [6, 6.07) is 7.13. The Morgan fingerprint density at radius 3 is 2.67 bits per heavy atom. The third-order valence-corrected chi connectivity index (χ3v) is 6.35. The molecule has 3 heterocycles. The third-order valence-electron chi connectivity index (χ3n) is 4.35. The minimum absolute atomic E-state index is 0.0103. The fraction of sp³-hybridized carbons (Fsp3) is 0.0526. The maximum atomic E-state index is 13.2. The lowest BCUT2D eigenvalue weighted by atomic mass is 10.1. The number of benzene rings is 1. The van der Waals surface area contributed by atoms with E-state index >= 15 is 0 Å². The number of fused-ring (bicyclic) bond motifs is 1. The van der Waals surface area contributed by atoms with E-state index in [1.54, 1.807) is 6.92 Å². The van der Waals surface area contributed by atoms with Crippen LogP contribution in [0.3, 0.4) is 0 Å². The number of H-pyrrole nitrogens is 1. The highest BCUT2D eigenvalue weighted by atomic mass is 35.5. The molecular weight excluding hydrogens is 449 g/mol. The summed E-state index contributed by atoms with van der Waals surface area (Å²) < 4.78 is 28.2. The number of sulfonamides is 1. The van der Waals surface area contributed by atoms with Crippen LogP contribution in [0.25, 0.3) is 11.0 Å². The molecule has 0 unspecified atom stereocenters. The second-order valence-electron chi connectivity index (χ2n) is 6.39. The Morgan fingerprint density at radius 1 is 1.10 bits per heavy atom. The van der Waals surface area contributed by atoms with Gasteiger partial charge >= 0.3 is 0 Å². The maximum Gasteiger partial charge on any atom is 0.261 e. The largest absolute Gasteiger partial charge is 0.287 e. The number of nitrogens with one attached hydrogen (secondary N) is 2. The van der Waals surface area contributed by atoms with Gasteiger partial charge in [0.1, 0.15) is 5.69 Å². The summed E-state index contributed by atoms with van der Waals surface area (Å²) in [5.74, 6) is -0.509. The van der Waals surface area contributed by atoms with Crippen LogP contribution in [-0.4, -0.2) is 34.4 Å². The van der Waals surface area contributed by atoms with Gasteiger partial charge < -0.3 is 0 Å². The average Bonchev–Trinajstić information content (AvgIpc) is 3.18. The van der Waals surface area contributed by atoms with E-state index in [9.17, 15) is 13.2 Å². The second-order valence-corrected chi connectivity index (χ2v) is 8.91. The third kappa shape index (κ3) is 3.74. The zero-order valence-electron chi connectivity index (χ0n) is 15.3. The summed E-state index contributed by atoms with van der Waals surface area (Å²) in [4.78, 5) is 21.3. The highest BCUT2D eigenvalue weighted by Crippen LogP contribution is 2.27. The minimum Gasteiger partial charge on any atom is -0.287 e. The smallest absolute Gasteiger partial charge is 0.261 e. The number of ketones is 1. The summed E-state index contributed by atoms with van der Waals surface area (Å²) in [5.41, 5.74) is 1.13. The molecule has 4 rings (SSSR count). The fourth-order valence-electron chi connectivity index (χ4n) is 2.86. The lowest BCUT2D eigenvalue weighted by Crippen LogP contribution is -2.17. The maximum absolute atomic E-state index is 13.2. The number of carbonyl (C=O) groups is 1. The molecule has 0 saturated carbocycles. The van der Waals surface area contributed by atoms with Gasteiger partial charge in [-0.2, -0.15) is 5.10 Å². The Bertz CT molecular complexity index is 1400. The van der Waals surface area contributed by atoms with Crippen molar-refractivity contribution in [2.75, 3.05) is 4.72 Å². The number of aromatic amines is 1. The van der Waals surface area contributed by atoms with Crippen molar-refractivity contribution in [3.63, 3.8) is 0 Å². The van der Waals surface area contributed by atoms with Crippen LogP contribution in [0.15, 0.2) is 53.8 Å². The van der Waals surface area contributed by atoms with Gasteiger partial charge in [0.2, 0.25) is 5.78 Å². The Labute approximate surface area is 181 Å². The first-order chi connectivity index (χ1) is 14.3. The van der Waals surface area contributed by atoms with E-state index in [1.807, 2.05) is 0 Å². The van der Waals surface area contributed by atoms with Crippen molar-refractivity contribution in [2.45, 2.75) is 11.8 Å². The van der Waals surface area contributed by atoms with E-state index < -0.39 is 15.8 Å². The number of carbonyl (C=O) groups excluding carboxylic acids is 1. The first-order valence-electron chi connectivity index (χ1n) is 8.53. The summed E-state index contributed by atoms with van der Waals surface area (Å²) in [6.45, 7) is 1.69. The average molecular weight is 462 g/mol. The molecule has 8 nitrogen and oxygen atoms in total. The van der Waals surface area contributed by atoms with Crippen molar-refractivity contribution in [3.8, 4) is 0 Å². The highest BCUT2D eigenvalue weighted by Gasteiger charge is 2.23. The van der Waals surface area contributed by atoms with Crippen molar-refractivity contribution in [2.24, 2.45) is 0 Å². The number of pyridine rings is 2. The van der Waals surface area contributed by atoms with Crippen molar-refractivity contribution >= 4 is 55.7 Å². The molecule has 0 aliphatic carbocycles. The number of rotatable bonds is 5. The molecule has 0 aliphatic heterocycles. The van der Waals surface area contributed by atoms with Gasteiger partial charge in [-0.3, -0.25) is 14.6 Å². The number of nitrogens with zero attached hydrogens (tertiary/aromatic N) is 3. The quantitative estimate of drug-likeness (QED) is 0.433. The van der Waals surface area contributed by atoms with Crippen LogP contribution in [0.5, 0.6) is 0 Å². The van der Waals surface area contributed by atoms with E-state index in [1.165, 1.54) is 48.9 Å². The number of aryl methyl sites for hydroxylation is 1. The molecule has 0 radical (unpaired) electrons. The van der Waals surface area contributed by atoms with Gasteiger partial charge in [0.05, 0.1) is 21.8 Å². The molecule has 0 atom stereocenters. The van der Waals surface area contributed by atoms with Crippen molar-refractivity contribution in [1.82, 2.24) is 20.2 Å². The van der Waals surface area contributed by atoms with E-state index in [-0.39, 0.29) is 26.9 Å². The molecule has 0 fully saturated rings. The summed E-state index contributed by atoms with van der Waals surface area (Å²) in [5, 5.41) is 7.66. The molecule has 0 bridgehead atoms. The highest BCUT2D eigenvalue weighted by molar-refractivity contribution is 7.92. The summed E-state index contributed by atoms with van der Waals surface area (Å²) in [6.07, 6.45) is 4.18. The summed E-state index contributed by atoms with van der Waals surface area (Å²) in [7, 11) is -4.03. The van der Waals surface area contributed by atoms with E-state index in [2.05, 4.69) is 24.9 Å². The van der Waals surface area contributed by atoms with E-state index in [0.29, 0.717) is 21.6 Å². The molecule has 2 N–H and O–H groups in total. The van der Waals surface area contributed by atoms with Crippen molar-refractivity contribution in [3.05, 3.63) is 75.8 Å². The van der Waals surface area contributed by atoms with Gasteiger partial charge in [0.25, 0.3) is 10.0 Å². The molecular formula is C19H13Cl2N5O3S. The molecule has 1 aromatic carbocycles. The molecule has 30 heavy (non-hydrogen) atoms. The Kier molecular flexibility index (Phi) is 5.19. The fourth-order valence-corrected chi connectivity index (χ4v) is 4.28. The predicted molar refractivity (Wildman–Crippen MR) is 114 cm³/mol. The first-order valence-corrected chi connectivity index (χ1v) is 10.8. The number of hydrogen-bond donors (Lipinski definition) is 2. The van der Waals surface area contributed by atoms with Crippen LogP contribution < -0.4 is 4.72 Å². The van der Waals surface area contributed by atoms with Crippen LogP contribution in [0.2, 0.25) is 10.0 Å². The van der Waals surface area contributed by atoms with Gasteiger partial charge in [-0.25, -0.2) is 18.4 Å². The molecule has 11 heteroatoms. The van der Waals surface area contributed by atoms with Gasteiger partial charge in [-0.05, 0) is 42.8 Å². The number of hydrogen-bond acceptors (Lipinski definition) is 6. The molecule has 0 saturated heterocycles. The predicted octanol–water partition coefficient (Wildman–Crippen LogP) is 4.00. The van der Waals surface area contributed by atoms with Gasteiger partial charge in [0.15, 0.2) is 5.65 Å². The molecule has 0 amide bonds. The van der Waals surface area contributed by atoms with Crippen molar-refractivity contribution in [1.29, 1.82) is 0 Å². The SMILES string of the molecule is Cc1cc(S(=O)(=O)Nc2cc(Cl)cnc2C(=O)c2ccnc3[nH]ncc23)ccc1Cl. The normalized spacial score (nSPS) is 11.6. The van der Waals surface area contributed by atoms with Gasteiger partial charge in [-0.1, -0.05) is 23.2 Å². The zero-order valence-corrected chi connectivity index (χ0v) is 17.7. The molecule has 152 valence electrons. The van der Waals surface area contributed by atoms with Crippen LogP contribution in [0, 0.1) is 6.92 Å². The van der Waals surface area contributed by atoms with Crippen LogP contribution in [0.4, 0.5) is 5.69 Å². The van der Waals surface area contributed by atoms with Crippen LogP contribution in [0.1, 0.15) is 21.6 Å². The van der Waals surface area contributed by atoms with E-state index in [0.717, 1.165) is 0 Å². The van der Waals surface area contributed by atoms with Crippen LogP contribution >= 0.6 is 23.2 Å². The Morgan fingerprint density at radius 2 is 1.90 bits per heavy atom. The topological polar surface area (TPSA) is 118 Å². The molecule has 4 aromatic rings. The van der Waals surface area contributed by atoms with Crippen molar-refractivity contribution < 1.29 is 13.2 Å². The molecule has 3 aromatic heterocycles. The van der Waals surface area contributed by atoms with E-state index in [4.69, 9.17) is 23.2 Å². The van der Waals surface area contributed by atoms with Crippen LogP contribution in [-0.2, 0) is 10.0 Å². The first kappa shape index (κ1) is 20.3.